The highest BCUT2D eigenvalue weighted by atomic mass is 19.1. The van der Waals surface area contributed by atoms with Crippen molar-refractivity contribution in [3.63, 3.8) is 0 Å². The summed E-state index contributed by atoms with van der Waals surface area (Å²) in [7, 11) is 0. The van der Waals surface area contributed by atoms with Gasteiger partial charge in [0.05, 0.1) is 0 Å². The number of amides is 1. The van der Waals surface area contributed by atoms with E-state index in [-0.39, 0.29) is 11.1 Å². The van der Waals surface area contributed by atoms with Gasteiger partial charge in [-0.3, -0.25) is 4.79 Å². The predicted octanol–water partition coefficient (Wildman–Crippen LogP) is 1.88. The number of halogens is 1. The van der Waals surface area contributed by atoms with Gasteiger partial charge in [-0.15, -0.1) is 0 Å². The SMILES string of the molecule is NC(=O)C(O)(c1ccccc1)c1ccccc1CF. The fraction of sp³-hybridized carbons (Fsp3) is 0.133. The largest absolute Gasteiger partial charge is 0.372 e. The second-order valence-electron chi connectivity index (χ2n) is 4.23. The van der Waals surface area contributed by atoms with Gasteiger partial charge < -0.3 is 10.8 Å². The zero-order chi connectivity index (χ0) is 13.9. The van der Waals surface area contributed by atoms with Gasteiger partial charge in [0.2, 0.25) is 0 Å². The van der Waals surface area contributed by atoms with E-state index in [1.807, 2.05) is 0 Å². The average molecular weight is 259 g/mol. The smallest absolute Gasteiger partial charge is 0.258 e. The lowest BCUT2D eigenvalue weighted by Gasteiger charge is -2.27. The standard InChI is InChI=1S/C15H14FNO2/c16-10-11-6-4-5-9-13(11)15(19,14(17)18)12-7-2-1-3-8-12/h1-9,19H,10H2,(H2,17,18). The Morgan fingerprint density at radius 3 is 2.26 bits per heavy atom. The van der Waals surface area contributed by atoms with E-state index >= 15 is 0 Å². The fourth-order valence-corrected chi connectivity index (χ4v) is 2.10. The maximum Gasteiger partial charge on any atom is 0.258 e. The fourth-order valence-electron chi connectivity index (χ4n) is 2.10. The molecule has 0 aliphatic carbocycles. The quantitative estimate of drug-likeness (QED) is 0.880. The van der Waals surface area contributed by atoms with Crippen LogP contribution in [0, 0.1) is 0 Å². The minimum absolute atomic E-state index is 0.177. The molecule has 2 aromatic rings. The number of nitrogens with two attached hydrogens (primary N) is 1. The van der Waals surface area contributed by atoms with E-state index in [0.29, 0.717) is 5.56 Å². The molecule has 0 saturated heterocycles. The lowest BCUT2D eigenvalue weighted by Crippen LogP contribution is -2.42. The Labute approximate surface area is 110 Å². The van der Waals surface area contributed by atoms with Gasteiger partial charge in [0.1, 0.15) is 6.67 Å². The van der Waals surface area contributed by atoms with Gasteiger partial charge in [0.25, 0.3) is 5.91 Å². The van der Waals surface area contributed by atoms with Crippen molar-refractivity contribution >= 4 is 5.91 Å². The van der Waals surface area contributed by atoms with Crippen LogP contribution in [0.2, 0.25) is 0 Å². The van der Waals surface area contributed by atoms with E-state index in [1.54, 1.807) is 42.5 Å². The maximum absolute atomic E-state index is 13.0. The molecule has 0 saturated carbocycles. The lowest BCUT2D eigenvalue weighted by atomic mass is 9.83. The minimum atomic E-state index is -2.02. The zero-order valence-electron chi connectivity index (χ0n) is 10.2. The van der Waals surface area contributed by atoms with E-state index in [1.165, 1.54) is 12.1 Å². The number of hydrogen-bond acceptors (Lipinski definition) is 2. The highest BCUT2D eigenvalue weighted by molar-refractivity contribution is 5.89. The van der Waals surface area contributed by atoms with Gasteiger partial charge >= 0.3 is 0 Å². The van der Waals surface area contributed by atoms with E-state index < -0.39 is 18.2 Å². The first-order valence-corrected chi connectivity index (χ1v) is 5.83. The van der Waals surface area contributed by atoms with Crippen LogP contribution >= 0.6 is 0 Å². The van der Waals surface area contributed by atoms with Crippen LogP contribution in [-0.2, 0) is 17.1 Å². The predicted molar refractivity (Wildman–Crippen MR) is 69.9 cm³/mol. The summed E-state index contributed by atoms with van der Waals surface area (Å²) < 4.78 is 13.0. The summed E-state index contributed by atoms with van der Waals surface area (Å²) in [5.41, 5.74) is 4.07. The van der Waals surface area contributed by atoms with Gasteiger partial charge in [-0.05, 0) is 11.1 Å². The molecular formula is C15H14FNO2. The van der Waals surface area contributed by atoms with Crippen molar-refractivity contribution in [3.05, 3.63) is 71.3 Å². The van der Waals surface area contributed by atoms with E-state index in [9.17, 15) is 14.3 Å². The Balaban J connectivity index is 2.67. The summed E-state index contributed by atoms with van der Waals surface area (Å²) in [5, 5.41) is 10.7. The Kier molecular flexibility index (Phi) is 3.62. The van der Waals surface area contributed by atoms with Gasteiger partial charge in [-0.2, -0.15) is 0 Å². The minimum Gasteiger partial charge on any atom is -0.372 e. The van der Waals surface area contributed by atoms with Crippen molar-refractivity contribution in [1.82, 2.24) is 0 Å². The van der Waals surface area contributed by atoms with Crippen LogP contribution < -0.4 is 5.73 Å². The first-order chi connectivity index (χ1) is 9.10. The van der Waals surface area contributed by atoms with Crippen molar-refractivity contribution in [1.29, 1.82) is 0 Å². The number of hydrogen-bond donors (Lipinski definition) is 2. The third-order valence-electron chi connectivity index (χ3n) is 3.10. The third kappa shape index (κ3) is 2.22. The van der Waals surface area contributed by atoms with Crippen LogP contribution in [0.25, 0.3) is 0 Å². The lowest BCUT2D eigenvalue weighted by molar-refractivity contribution is -0.133. The number of carbonyl (C=O) groups is 1. The Hall–Kier alpha value is -2.20. The van der Waals surface area contributed by atoms with Crippen LogP contribution in [0.4, 0.5) is 4.39 Å². The third-order valence-corrected chi connectivity index (χ3v) is 3.10. The number of alkyl halides is 1. The van der Waals surface area contributed by atoms with Crippen molar-refractivity contribution in [2.24, 2.45) is 5.73 Å². The summed E-state index contributed by atoms with van der Waals surface area (Å²) >= 11 is 0. The number of carbonyl (C=O) groups excluding carboxylic acids is 1. The first-order valence-electron chi connectivity index (χ1n) is 5.83. The van der Waals surface area contributed by atoms with Crippen LogP contribution in [0.3, 0.4) is 0 Å². The number of primary amides is 1. The van der Waals surface area contributed by atoms with Crippen LogP contribution in [-0.4, -0.2) is 11.0 Å². The normalized spacial score (nSPS) is 13.8. The number of rotatable bonds is 4. The highest BCUT2D eigenvalue weighted by Crippen LogP contribution is 2.32. The van der Waals surface area contributed by atoms with Gasteiger partial charge in [0.15, 0.2) is 5.60 Å². The molecule has 3 nitrogen and oxygen atoms in total. The summed E-state index contributed by atoms with van der Waals surface area (Å²) in [6.07, 6.45) is 0. The molecule has 4 heteroatoms. The molecule has 0 radical (unpaired) electrons. The van der Waals surface area contributed by atoms with Crippen molar-refractivity contribution < 1.29 is 14.3 Å². The monoisotopic (exact) mass is 259 g/mol. The molecule has 1 amide bonds. The molecule has 0 fully saturated rings. The number of aliphatic hydroxyl groups is 1. The maximum atomic E-state index is 13.0. The zero-order valence-corrected chi connectivity index (χ0v) is 10.2. The summed E-state index contributed by atoms with van der Waals surface area (Å²) in [6.45, 7) is -0.779. The van der Waals surface area contributed by atoms with E-state index in [2.05, 4.69) is 0 Å². The van der Waals surface area contributed by atoms with Crippen molar-refractivity contribution in [2.75, 3.05) is 0 Å². The second-order valence-corrected chi connectivity index (χ2v) is 4.23. The molecule has 1 unspecified atom stereocenters. The Morgan fingerprint density at radius 2 is 1.68 bits per heavy atom. The molecule has 0 spiro atoms. The second kappa shape index (κ2) is 5.20. The topological polar surface area (TPSA) is 63.3 Å². The van der Waals surface area contributed by atoms with E-state index in [4.69, 9.17) is 5.73 Å². The molecule has 2 rings (SSSR count). The molecular weight excluding hydrogens is 245 g/mol. The molecule has 98 valence electrons. The molecule has 19 heavy (non-hydrogen) atoms. The molecule has 0 heterocycles. The molecule has 1 atom stereocenters. The van der Waals surface area contributed by atoms with Gasteiger partial charge in [0, 0.05) is 5.56 Å². The molecule has 0 aromatic heterocycles. The van der Waals surface area contributed by atoms with Crippen LogP contribution in [0.5, 0.6) is 0 Å². The average Bonchev–Trinajstić information content (AvgIpc) is 2.47. The molecule has 3 N–H and O–H groups in total. The molecule has 2 aromatic carbocycles. The summed E-state index contributed by atoms with van der Waals surface area (Å²) in [4.78, 5) is 11.7. The van der Waals surface area contributed by atoms with E-state index in [0.717, 1.165) is 0 Å². The van der Waals surface area contributed by atoms with Crippen LogP contribution in [0.15, 0.2) is 54.6 Å². The number of benzene rings is 2. The molecule has 0 aliphatic heterocycles. The Bertz CT molecular complexity index is 586. The summed E-state index contributed by atoms with van der Waals surface area (Å²) in [5.74, 6) is -0.931. The molecule has 0 bridgehead atoms. The van der Waals surface area contributed by atoms with Crippen LogP contribution in [0.1, 0.15) is 16.7 Å². The first kappa shape index (κ1) is 13.2. The molecule has 0 aliphatic rings. The van der Waals surface area contributed by atoms with Crippen molar-refractivity contribution in [2.45, 2.75) is 12.3 Å². The van der Waals surface area contributed by atoms with Gasteiger partial charge in [-0.1, -0.05) is 54.6 Å². The summed E-state index contributed by atoms with van der Waals surface area (Å²) in [6, 6.07) is 14.6. The van der Waals surface area contributed by atoms with Gasteiger partial charge in [-0.25, -0.2) is 4.39 Å². The van der Waals surface area contributed by atoms with Crippen molar-refractivity contribution in [3.8, 4) is 0 Å². The Morgan fingerprint density at radius 1 is 1.11 bits per heavy atom. The highest BCUT2D eigenvalue weighted by Gasteiger charge is 2.39.